The Morgan fingerprint density at radius 1 is 0.781 bits per heavy atom. The molecule has 170 valence electrons. The van der Waals surface area contributed by atoms with Crippen LogP contribution in [0.4, 0.5) is 0 Å². The Balaban J connectivity index is 0.00000152. The molecule has 0 aromatic heterocycles. The number of allylic oxidation sites excluding steroid dienone is 4. The number of hydrogen-bond acceptors (Lipinski definition) is 0. The van der Waals surface area contributed by atoms with E-state index in [1.807, 2.05) is 20.3 Å². The minimum absolute atomic E-state index is 0. The first-order valence-electron chi connectivity index (χ1n) is 10.8. The molecule has 0 atom stereocenters. The molecule has 32 heavy (non-hydrogen) atoms. The van der Waals surface area contributed by atoms with E-state index in [4.69, 9.17) is 0 Å². The summed E-state index contributed by atoms with van der Waals surface area (Å²) in [6.07, 6.45) is 11.0. The average Bonchev–Trinajstić information content (AvgIpc) is 3.27. The second-order valence-electron chi connectivity index (χ2n) is 10.3. The van der Waals surface area contributed by atoms with E-state index in [0.717, 1.165) is 0 Å². The van der Waals surface area contributed by atoms with Crippen molar-refractivity contribution in [2.24, 2.45) is 0 Å². The second kappa shape index (κ2) is 12.1. The first-order chi connectivity index (χ1) is 13.6. The number of fused-ring (bicyclic) bond motifs is 3. The molecule has 0 spiro atoms. The number of benzene rings is 2. The van der Waals surface area contributed by atoms with Crippen molar-refractivity contribution in [1.29, 1.82) is 0 Å². The normalized spacial score (nSPS) is 13.2. The topological polar surface area (TPSA) is 0 Å². The Labute approximate surface area is 227 Å². The molecule has 0 N–H and O–H groups in total. The van der Waals surface area contributed by atoms with Crippen molar-refractivity contribution in [3.8, 4) is 0 Å². The minimum atomic E-state index is 0. The molecular weight excluding hydrogens is 510 g/mol. The summed E-state index contributed by atoms with van der Waals surface area (Å²) >= 11 is 0. The van der Waals surface area contributed by atoms with Crippen molar-refractivity contribution in [1.82, 2.24) is 0 Å². The van der Waals surface area contributed by atoms with Crippen molar-refractivity contribution in [2.45, 2.75) is 72.1 Å². The summed E-state index contributed by atoms with van der Waals surface area (Å²) in [5.41, 5.74) is 4.64. The molecule has 0 unspecified atom stereocenters. The molecule has 3 aromatic carbocycles. The van der Waals surface area contributed by atoms with Gasteiger partial charge in [0.25, 0.3) is 0 Å². The van der Waals surface area contributed by atoms with Crippen LogP contribution in [-0.4, -0.2) is 0 Å². The molecular formula is C29H36Cl2Zr. The summed E-state index contributed by atoms with van der Waals surface area (Å²) in [4.78, 5) is 0. The minimum Gasteiger partial charge on any atom is -1.00 e. The summed E-state index contributed by atoms with van der Waals surface area (Å²) in [6, 6.07) is 14.1. The Hall–Kier alpha value is -0.747. The molecule has 0 aliphatic heterocycles. The molecule has 0 saturated carbocycles. The fourth-order valence-electron chi connectivity index (χ4n) is 4.21. The van der Waals surface area contributed by atoms with Crippen molar-refractivity contribution in [3.63, 3.8) is 0 Å². The summed E-state index contributed by atoms with van der Waals surface area (Å²) in [5, 5.41) is 5.54. The Bertz CT molecular complexity index is 1060. The third-order valence-electron chi connectivity index (χ3n) is 5.68. The molecule has 1 aliphatic carbocycles. The van der Waals surface area contributed by atoms with Gasteiger partial charge < -0.3 is 31.2 Å². The molecule has 0 fully saturated rings. The summed E-state index contributed by atoms with van der Waals surface area (Å²) < 4.78 is 0. The van der Waals surface area contributed by atoms with Crippen molar-refractivity contribution >= 4 is 21.5 Å². The molecule has 0 nitrogen and oxygen atoms in total. The summed E-state index contributed by atoms with van der Waals surface area (Å²) in [7, 11) is 0. The van der Waals surface area contributed by atoms with Gasteiger partial charge in [-0.25, -0.2) is 0 Å². The number of hydrogen-bond donors (Lipinski definition) is 0. The maximum atomic E-state index is 2.42. The van der Waals surface area contributed by atoms with Crippen LogP contribution in [0.15, 0.2) is 60.7 Å². The van der Waals surface area contributed by atoms with E-state index in [9.17, 15) is 0 Å². The van der Waals surface area contributed by atoms with Gasteiger partial charge in [0.2, 0.25) is 0 Å². The van der Waals surface area contributed by atoms with Gasteiger partial charge in [0, 0.05) is 0 Å². The van der Waals surface area contributed by atoms with E-state index in [2.05, 4.69) is 102 Å². The second-order valence-corrected chi connectivity index (χ2v) is 10.3. The fraction of sp³-hybridized carbons (Fsp3) is 0.379. The quantitative estimate of drug-likeness (QED) is 0.412. The van der Waals surface area contributed by atoms with Crippen molar-refractivity contribution < 1.29 is 51.0 Å². The molecule has 1 aliphatic rings. The van der Waals surface area contributed by atoms with E-state index in [-0.39, 0.29) is 61.8 Å². The molecule has 0 saturated heterocycles. The zero-order valence-electron chi connectivity index (χ0n) is 20.7. The predicted octanol–water partition coefficient (Wildman–Crippen LogP) is 2.75. The standard InChI is InChI=1S/C26H29.C3H7.2ClH.Zr/c1-25(2,3)19-11-12-20-18(15-19)16-22-21(20)13-14-23(26(4,5)6)24(22)17-9-7-8-10-17;1-3-2;;;/h7-17H,1-6H3;3H,1-2H3;2*1H;/q2*-1;;;+4/p-2. The summed E-state index contributed by atoms with van der Waals surface area (Å²) in [6.45, 7) is 17.8. The maximum absolute atomic E-state index is 2.42. The van der Waals surface area contributed by atoms with Crippen molar-refractivity contribution in [3.05, 3.63) is 83.8 Å². The van der Waals surface area contributed by atoms with Crippen LogP contribution in [0.2, 0.25) is 0 Å². The van der Waals surface area contributed by atoms with Gasteiger partial charge in [0.15, 0.2) is 0 Å². The first-order valence-corrected chi connectivity index (χ1v) is 10.8. The maximum Gasteiger partial charge on any atom is 4.00 e. The van der Waals surface area contributed by atoms with Crippen LogP contribution >= 0.6 is 0 Å². The Morgan fingerprint density at radius 2 is 1.31 bits per heavy atom. The third kappa shape index (κ3) is 6.43. The van der Waals surface area contributed by atoms with E-state index in [1.165, 1.54) is 38.2 Å². The largest absolute Gasteiger partial charge is 4.00 e. The van der Waals surface area contributed by atoms with E-state index in [0.29, 0.717) is 5.92 Å². The van der Waals surface area contributed by atoms with Gasteiger partial charge in [-0.2, -0.15) is 13.8 Å². The Morgan fingerprint density at radius 3 is 1.81 bits per heavy atom. The molecule has 0 bridgehead atoms. The SMILES string of the molecule is CC(C)(C)c1ccc2c(c1)[cH-]c1c(C3C=CC=C3)c(C(C)(C)C)ccc12.C[CH-]C.[Cl-].[Cl-].[Zr+4]. The van der Waals surface area contributed by atoms with Gasteiger partial charge in [-0.1, -0.05) is 107 Å². The van der Waals surface area contributed by atoms with E-state index >= 15 is 0 Å². The zero-order chi connectivity index (χ0) is 21.4. The van der Waals surface area contributed by atoms with Crippen LogP contribution in [0.3, 0.4) is 0 Å². The van der Waals surface area contributed by atoms with Gasteiger partial charge in [0.1, 0.15) is 0 Å². The van der Waals surface area contributed by atoms with Crippen LogP contribution in [0, 0.1) is 6.42 Å². The smallest absolute Gasteiger partial charge is 1.00 e. The molecule has 0 amide bonds. The molecule has 0 radical (unpaired) electrons. The van der Waals surface area contributed by atoms with Gasteiger partial charge in [0.05, 0.1) is 0 Å². The van der Waals surface area contributed by atoms with E-state index < -0.39 is 0 Å². The fourth-order valence-corrected chi connectivity index (χ4v) is 4.21. The van der Waals surface area contributed by atoms with Crippen LogP contribution in [0.25, 0.3) is 21.5 Å². The van der Waals surface area contributed by atoms with Crippen molar-refractivity contribution in [2.75, 3.05) is 0 Å². The van der Waals surface area contributed by atoms with Crippen LogP contribution in [0.1, 0.15) is 78.0 Å². The third-order valence-corrected chi connectivity index (χ3v) is 5.68. The van der Waals surface area contributed by atoms with Crippen LogP contribution in [-0.2, 0) is 37.0 Å². The van der Waals surface area contributed by atoms with Gasteiger partial charge >= 0.3 is 26.2 Å². The molecule has 4 rings (SSSR count). The molecule has 3 heteroatoms. The predicted molar refractivity (Wildman–Crippen MR) is 131 cm³/mol. The average molecular weight is 547 g/mol. The van der Waals surface area contributed by atoms with Crippen LogP contribution in [0.5, 0.6) is 0 Å². The zero-order valence-corrected chi connectivity index (χ0v) is 24.7. The summed E-state index contributed by atoms with van der Waals surface area (Å²) in [5.74, 6) is 0.381. The number of rotatable bonds is 1. The monoisotopic (exact) mass is 544 g/mol. The number of halogens is 2. The van der Waals surface area contributed by atoms with Gasteiger partial charge in [-0.15, -0.1) is 33.7 Å². The first kappa shape index (κ1) is 31.3. The van der Waals surface area contributed by atoms with Gasteiger partial charge in [-0.05, 0) is 16.7 Å². The molecule has 0 heterocycles. The Kier molecular flexibility index (Phi) is 11.8. The van der Waals surface area contributed by atoms with Crippen LogP contribution < -0.4 is 24.8 Å². The van der Waals surface area contributed by atoms with Gasteiger partial charge in [-0.3, -0.25) is 0 Å². The molecule has 3 aromatic rings. The van der Waals surface area contributed by atoms with E-state index in [1.54, 1.807) is 0 Å².